The highest BCUT2D eigenvalue weighted by Crippen LogP contribution is 2.22. The van der Waals surface area contributed by atoms with Crippen molar-refractivity contribution in [2.75, 3.05) is 0 Å². The minimum atomic E-state index is -3.52. The summed E-state index contributed by atoms with van der Waals surface area (Å²) < 4.78 is 26.6. The van der Waals surface area contributed by atoms with E-state index in [0.717, 1.165) is 25.7 Å². The monoisotopic (exact) mass is 260 g/mol. The first-order valence-corrected chi connectivity index (χ1v) is 7.08. The maximum absolute atomic E-state index is 12.0. The summed E-state index contributed by atoms with van der Waals surface area (Å²) in [6.07, 6.45) is 5.42. The molecule has 1 aliphatic rings. The van der Waals surface area contributed by atoms with E-state index in [0.29, 0.717) is 0 Å². The third-order valence-corrected chi connectivity index (χ3v) is 4.66. The van der Waals surface area contributed by atoms with Crippen LogP contribution in [0.15, 0.2) is 23.2 Å². The largest absolute Gasteiger partial charge is 0.243 e. The molecule has 0 atom stereocenters. The zero-order valence-corrected chi connectivity index (χ0v) is 10.3. The normalized spacial score (nSPS) is 17.8. The zero-order chi connectivity index (χ0) is 11.6. The van der Waals surface area contributed by atoms with Crippen molar-refractivity contribution in [1.82, 2.24) is 9.71 Å². The van der Waals surface area contributed by atoms with Gasteiger partial charge in [-0.25, -0.2) is 18.1 Å². The number of pyridine rings is 1. The SMILES string of the molecule is O=S(=O)(NC1CCCC1)c1cccnc1Cl. The Morgan fingerprint density at radius 2 is 2.06 bits per heavy atom. The van der Waals surface area contributed by atoms with Crippen molar-refractivity contribution in [2.45, 2.75) is 36.6 Å². The molecule has 16 heavy (non-hydrogen) atoms. The van der Waals surface area contributed by atoms with Crippen LogP contribution in [-0.2, 0) is 10.0 Å². The highest BCUT2D eigenvalue weighted by atomic mass is 35.5. The lowest BCUT2D eigenvalue weighted by Gasteiger charge is -2.12. The van der Waals surface area contributed by atoms with Gasteiger partial charge in [-0.1, -0.05) is 24.4 Å². The highest BCUT2D eigenvalue weighted by molar-refractivity contribution is 7.89. The molecule has 1 aliphatic carbocycles. The number of hydrogen-bond acceptors (Lipinski definition) is 3. The molecule has 0 aliphatic heterocycles. The number of sulfonamides is 1. The van der Waals surface area contributed by atoms with Crippen LogP contribution in [0, 0.1) is 0 Å². The molecule has 6 heteroatoms. The molecule has 1 aromatic heterocycles. The van der Waals surface area contributed by atoms with Crippen LogP contribution in [-0.4, -0.2) is 19.4 Å². The summed E-state index contributed by atoms with van der Waals surface area (Å²) >= 11 is 5.76. The molecule has 1 fully saturated rings. The second kappa shape index (κ2) is 4.69. The first-order valence-electron chi connectivity index (χ1n) is 5.22. The molecule has 0 spiro atoms. The summed E-state index contributed by atoms with van der Waals surface area (Å²) in [6.45, 7) is 0. The van der Waals surface area contributed by atoms with Crippen molar-refractivity contribution in [3.8, 4) is 0 Å². The van der Waals surface area contributed by atoms with Crippen LogP contribution in [0.4, 0.5) is 0 Å². The van der Waals surface area contributed by atoms with Crippen molar-refractivity contribution >= 4 is 21.6 Å². The van der Waals surface area contributed by atoms with Crippen molar-refractivity contribution < 1.29 is 8.42 Å². The van der Waals surface area contributed by atoms with Gasteiger partial charge >= 0.3 is 0 Å². The predicted molar refractivity (Wildman–Crippen MR) is 61.8 cm³/mol. The second-order valence-corrected chi connectivity index (χ2v) is 5.94. The van der Waals surface area contributed by atoms with E-state index in [9.17, 15) is 8.42 Å². The van der Waals surface area contributed by atoms with Crippen LogP contribution in [0.3, 0.4) is 0 Å². The van der Waals surface area contributed by atoms with Gasteiger partial charge in [0.2, 0.25) is 10.0 Å². The van der Waals surface area contributed by atoms with Gasteiger partial charge in [0, 0.05) is 12.2 Å². The molecule has 1 heterocycles. The van der Waals surface area contributed by atoms with Crippen LogP contribution in [0.2, 0.25) is 5.15 Å². The third-order valence-electron chi connectivity index (χ3n) is 2.69. The van der Waals surface area contributed by atoms with Crippen molar-refractivity contribution in [1.29, 1.82) is 0 Å². The minimum absolute atomic E-state index is 0.0213. The fourth-order valence-electron chi connectivity index (χ4n) is 1.90. The molecule has 1 aromatic rings. The molecule has 0 aromatic carbocycles. The molecule has 88 valence electrons. The van der Waals surface area contributed by atoms with E-state index in [1.165, 1.54) is 12.3 Å². The highest BCUT2D eigenvalue weighted by Gasteiger charge is 2.24. The lowest BCUT2D eigenvalue weighted by Crippen LogP contribution is -2.32. The van der Waals surface area contributed by atoms with Crippen molar-refractivity contribution in [2.24, 2.45) is 0 Å². The quantitative estimate of drug-likeness (QED) is 0.845. The van der Waals surface area contributed by atoms with Gasteiger partial charge in [-0.3, -0.25) is 0 Å². The Morgan fingerprint density at radius 3 is 2.69 bits per heavy atom. The van der Waals surface area contributed by atoms with Crippen molar-refractivity contribution in [3.05, 3.63) is 23.5 Å². The Hall–Kier alpha value is -0.650. The Balaban J connectivity index is 2.21. The number of hydrogen-bond donors (Lipinski definition) is 1. The van der Waals surface area contributed by atoms with Gasteiger partial charge in [-0.15, -0.1) is 0 Å². The van der Waals surface area contributed by atoms with Gasteiger partial charge in [0.15, 0.2) is 0 Å². The van der Waals surface area contributed by atoms with Gasteiger partial charge in [0.1, 0.15) is 10.0 Å². The zero-order valence-electron chi connectivity index (χ0n) is 8.69. The van der Waals surface area contributed by atoms with Gasteiger partial charge in [0.05, 0.1) is 0 Å². The van der Waals surface area contributed by atoms with Crippen LogP contribution < -0.4 is 4.72 Å². The van der Waals surface area contributed by atoms with Crippen LogP contribution in [0.5, 0.6) is 0 Å². The molecule has 4 nitrogen and oxygen atoms in total. The van der Waals surface area contributed by atoms with Crippen LogP contribution in [0.1, 0.15) is 25.7 Å². The minimum Gasteiger partial charge on any atom is -0.243 e. The standard InChI is InChI=1S/C10H13ClN2O2S/c11-10-9(6-3-7-12-10)16(14,15)13-8-4-1-2-5-8/h3,6-8,13H,1-2,4-5H2. The average Bonchev–Trinajstić information content (AvgIpc) is 2.70. The summed E-state index contributed by atoms with van der Waals surface area (Å²) in [4.78, 5) is 3.83. The number of rotatable bonds is 3. The van der Waals surface area contributed by atoms with Gasteiger partial charge in [-0.2, -0.15) is 0 Å². The summed E-state index contributed by atoms with van der Waals surface area (Å²) in [5, 5.41) is 0.0213. The summed E-state index contributed by atoms with van der Waals surface area (Å²) in [5.41, 5.74) is 0. The molecular weight excluding hydrogens is 248 g/mol. The van der Waals surface area contributed by atoms with Gasteiger partial charge < -0.3 is 0 Å². The molecule has 0 unspecified atom stereocenters. The first kappa shape index (κ1) is 11.8. The Morgan fingerprint density at radius 1 is 1.38 bits per heavy atom. The molecule has 1 saturated carbocycles. The number of halogens is 1. The Labute approximate surface area is 100 Å². The lowest BCUT2D eigenvalue weighted by atomic mass is 10.3. The van der Waals surface area contributed by atoms with E-state index in [-0.39, 0.29) is 16.1 Å². The smallest absolute Gasteiger partial charge is 0.243 e. The van der Waals surface area contributed by atoms with Crippen molar-refractivity contribution in [3.63, 3.8) is 0 Å². The van der Waals surface area contributed by atoms with E-state index in [1.54, 1.807) is 6.07 Å². The fraction of sp³-hybridized carbons (Fsp3) is 0.500. The van der Waals surface area contributed by atoms with E-state index in [2.05, 4.69) is 9.71 Å². The van der Waals surface area contributed by atoms with Crippen LogP contribution >= 0.6 is 11.6 Å². The summed E-state index contributed by atoms with van der Waals surface area (Å²) in [5.74, 6) is 0. The third kappa shape index (κ3) is 2.53. The molecule has 0 amide bonds. The molecule has 0 radical (unpaired) electrons. The first-order chi connectivity index (χ1) is 7.59. The van der Waals surface area contributed by atoms with Gasteiger partial charge in [-0.05, 0) is 25.0 Å². The molecule has 1 N–H and O–H groups in total. The number of aromatic nitrogens is 1. The van der Waals surface area contributed by atoms with Crippen LogP contribution in [0.25, 0.3) is 0 Å². The maximum atomic E-state index is 12.0. The molecule has 2 rings (SSSR count). The number of nitrogens with one attached hydrogen (secondary N) is 1. The topological polar surface area (TPSA) is 59.1 Å². The molecule has 0 saturated heterocycles. The predicted octanol–water partition coefficient (Wildman–Crippen LogP) is 1.96. The van der Waals surface area contributed by atoms with E-state index < -0.39 is 10.0 Å². The molecular formula is C10H13ClN2O2S. The Kier molecular flexibility index (Phi) is 3.47. The summed E-state index contributed by atoms with van der Waals surface area (Å²) in [6, 6.07) is 3.07. The summed E-state index contributed by atoms with van der Waals surface area (Å²) in [7, 11) is -3.52. The second-order valence-electron chi connectivity index (χ2n) is 3.90. The van der Waals surface area contributed by atoms with E-state index >= 15 is 0 Å². The fourth-order valence-corrected chi connectivity index (χ4v) is 3.66. The molecule has 0 bridgehead atoms. The Bertz CT molecular complexity index is 469. The van der Waals surface area contributed by atoms with Gasteiger partial charge in [0.25, 0.3) is 0 Å². The van der Waals surface area contributed by atoms with E-state index in [4.69, 9.17) is 11.6 Å². The van der Waals surface area contributed by atoms with E-state index in [1.807, 2.05) is 0 Å². The average molecular weight is 261 g/mol. The number of nitrogens with zero attached hydrogens (tertiary/aromatic N) is 1. The lowest BCUT2D eigenvalue weighted by molar-refractivity contribution is 0.552. The maximum Gasteiger partial charge on any atom is 0.243 e.